The number of para-hydroxylation sites is 1. The van der Waals surface area contributed by atoms with Gasteiger partial charge in [0.1, 0.15) is 11.3 Å². The van der Waals surface area contributed by atoms with E-state index >= 15 is 0 Å². The second kappa shape index (κ2) is 6.63. The van der Waals surface area contributed by atoms with Gasteiger partial charge in [-0.05, 0) is 25.3 Å². The molecule has 0 fully saturated rings. The second-order valence-electron chi connectivity index (χ2n) is 6.63. The monoisotopic (exact) mass is 290 g/mol. The summed E-state index contributed by atoms with van der Waals surface area (Å²) in [5, 5.41) is 11.5. The average molecular weight is 290 g/mol. The molecule has 0 saturated carbocycles. The Morgan fingerprint density at radius 1 is 1.24 bits per heavy atom. The number of fused-ring (bicyclic) bond motifs is 1. The highest BCUT2D eigenvalue weighted by molar-refractivity contribution is 5.81. The molecular weight excluding hydrogens is 264 g/mol. The van der Waals surface area contributed by atoms with Gasteiger partial charge in [-0.2, -0.15) is 0 Å². The molecule has 0 spiro atoms. The van der Waals surface area contributed by atoms with Gasteiger partial charge in [-0.1, -0.05) is 39.0 Å². The Balaban J connectivity index is 2.21. The van der Waals surface area contributed by atoms with Crippen LogP contribution in [0.15, 0.2) is 28.7 Å². The molecule has 0 aliphatic carbocycles. The van der Waals surface area contributed by atoms with Crippen LogP contribution in [0.5, 0.6) is 0 Å². The molecule has 1 aromatic carbocycles. The van der Waals surface area contributed by atoms with E-state index in [9.17, 15) is 5.11 Å². The molecule has 116 valence electrons. The van der Waals surface area contributed by atoms with Gasteiger partial charge in [-0.15, -0.1) is 0 Å². The molecule has 1 unspecified atom stereocenters. The highest BCUT2D eigenvalue weighted by Gasteiger charge is 2.21. The van der Waals surface area contributed by atoms with E-state index in [4.69, 9.17) is 9.15 Å². The van der Waals surface area contributed by atoms with Gasteiger partial charge in [-0.3, -0.25) is 0 Å². The SMILES string of the molecule is COCCCCC(O)c1cccc2cc(C(C)(C)C)oc12. The summed E-state index contributed by atoms with van der Waals surface area (Å²) in [7, 11) is 1.70. The number of benzene rings is 1. The largest absolute Gasteiger partial charge is 0.460 e. The Labute approximate surface area is 126 Å². The molecule has 0 bridgehead atoms. The Morgan fingerprint density at radius 3 is 2.67 bits per heavy atom. The van der Waals surface area contributed by atoms with E-state index in [0.29, 0.717) is 0 Å². The summed E-state index contributed by atoms with van der Waals surface area (Å²) in [6, 6.07) is 8.06. The number of methoxy groups -OCH3 is 1. The van der Waals surface area contributed by atoms with Crippen LogP contribution < -0.4 is 0 Å². The van der Waals surface area contributed by atoms with Crippen molar-refractivity contribution in [1.82, 2.24) is 0 Å². The van der Waals surface area contributed by atoms with Crippen LogP contribution in [0, 0.1) is 0 Å². The fourth-order valence-corrected chi connectivity index (χ4v) is 2.46. The maximum atomic E-state index is 10.4. The normalized spacial score (nSPS) is 13.8. The van der Waals surface area contributed by atoms with Crippen molar-refractivity contribution < 1.29 is 14.3 Å². The van der Waals surface area contributed by atoms with E-state index in [2.05, 4.69) is 26.8 Å². The summed E-state index contributed by atoms with van der Waals surface area (Å²) in [6.07, 6.45) is 2.16. The molecule has 1 atom stereocenters. The number of ether oxygens (including phenoxy) is 1. The van der Waals surface area contributed by atoms with Crippen molar-refractivity contribution in [2.45, 2.75) is 51.6 Å². The third kappa shape index (κ3) is 3.86. The number of aliphatic hydroxyl groups excluding tert-OH is 1. The molecule has 3 heteroatoms. The van der Waals surface area contributed by atoms with Crippen LogP contribution in [-0.4, -0.2) is 18.8 Å². The van der Waals surface area contributed by atoms with Gasteiger partial charge in [-0.25, -0.2) is 0 Å². The zero-order valence-corrected chi connectivity index (χ0v) is 13.5. The van der Waals surface area contributed by atoms with Crippen LogP contribution in [0.4, 0.5) is 0 Å². The molecule has 1 aromatic heterocycles. The number of hydrogen-bond acceptors (Lipinski definition) is 3. The Bertz CT molecular complexity index is 578. The third-order valence-electron chi connectivity index (χ3n) is 3.75. The fraction of sp³-hybridized carbons (Fsp3) is 0.556. The first-order valence-corrected chi connectivity index (χ1v) is 7.63. The van der Waals surface area contributed by atoms with Gasteiger partial charge < -0.3 is 14.3 Å². The van der Waals surface area contributed by atoms with E-state index in [1.807, 2.05) is 18.2 Å². The maximum absolute atomic E-state index is 10.4. The topological polar surface area (TPSA) is 42.6 Å². The quantitative estimate of drug-likeness (QED) is 0.792. The standard InChI is InChI=1S/C18H26O3/c1-18(2,3)16-12-13-8-7-9-14(17(13)21-16)15(19)10-5-6-11-20-4/h7-9,12,15,19H,5-6,10-11H2,1-4H3. The second-order valence-corrected chi connectivity index (χ2v) is 6.63. The first kappa shape index (κ1) is 16.1. The number of rotatable bonds is 6. The first-order valence-electron chi connectivity index (χ1n) is 7.63. The number of hydrogen-bond donors (Lipinski definition) is 1. The van der Waals surface area contributed by atoms with Gasteiger partial charge in [0.05, 0.1) is 6.10 Å². The molecule has 0 amide bonds. The van der Waals surface area contributed by atoms with E-state index < -0.39 is 6.10 Å². The van der Waals surface area contributed by atoms with Crippen molar-refractivity contribution in [2.24, 2.45) is 0 Å². The zero-order valence-electron chi connectivity index (χ0n) is 13.5. The van der Waals surface area contributed by atoms with Crippen molar-refractivity contribution in [3.8, 4) is 0 Å². The molecule has 2 aromatic rings. The van der Waals surface area contributed by atoms with Gasteiger partial charge in [0.15, 0.2) is 0 Å². The summed E-state index contributed by atoms with van der Waals surface area (Å²) >= 11 is 0. The molecule has 3 nitrogen and oxygen atoms in total. The minimum Gasteiger partial charge on any atom is -0.460 e. The average Bonchev–Trinajstić information content (AvgIpc) is 2.87. The summed E-state index contributed by atoms with van der Waals surface area (Å²) in [6.45, 7) is 7.13. The van der Waals surface area contributed by atoms with Crippen LogP contribution in [0.25, 0.3) is 11.0 Å². The van der Waals surface area contributed by atoms with Gasteiger partial charge >= 0.3 is 0 Å². The minimum absolute atomic E-state index is 0.0281. The third-order valence-corrected chi connectivity index (χ3v) is 3.75. The Hall–Kier alpha value is -1.32. The lowest BCUT2D eigenvalue weighted by molar-refractivity contribution is 0.151. The van der Waals surface area contributed by atoms with Gasteiger partial charge in [0, 0.05) is 30.1 Å². The summed E-state index contributed by atoms with van der Waals surface area (Å²) < 4.78 is 11.1. The Morgan fingerprint density at radius 2 is 2.00 bits per heavy atom. The fourth-order valence-electron chi connectivity index (χ4n) is 2.46. The summed E-state index contributed by atoms with van der Waals surface area (Å²) in [4.78, 5) is 0. The van der Waals surface area contributed by atoms with Crippen LogP contribution in [0.3, 0.4) is 0 Å². The van der Waals surface area contributed by atoms with Crippen LogP contribution in [-0.2, 0) is 10.2 Å². The number of furan rings is 1. The molecule has 0 radical (unpaired) electrons. The van der Waals surface area contributed by atoms with Gasteiger partial charge in [0.25, 0.3) is 0 Å². The number of unbranched alkanes of at least 4 members (excludes halogenated alkanes) is 1. The van der Waals surface area contributed by atoms with Crippen molar-refractivity contribution in [1.29, 1.82) is 0 Å². The predicted octanol–water partition coefficient (Wildman–Crippen LogP) is 4.58. The molecule has 0 aliphatic heterocycles. The molecule has 0 aliphatic rings. The van der Waals surface area contributed by atoms with E-state index in [1.54, 1.807) is 7.11 Å². The van der Waals surface area contributed by atoms with Gasteiger partial charge in [0.2, 0.25) is 0 Å². The van der Waals surface area contributed by atoms with Crippen LogP contribution >= 0.6 is 0 Å². The highest BCUT2D eigenvalue weighted by Crippen LogP contribution is 2.34. The molecule has 2 rings (SSSR count). The van der Waals surface area contributed by atoms with E-state index in [1.165, 1.54) is 0 Å². The highest BCUT2D eigenvalue weighted by atomic mass is 16.5. The minimum atomic E-state index is -0.482. The molecule has 1 heterocycles. The van der Waals surface area contributed by atoms with Crippen LogP contribution in [0.1, 0.15) is 57.5 Å². The predicted molar refractivity (Wildman–Crippen MR) is 85.6 cm³/mol. The lowest BCUT2D eigenvalue weighted by atomic mass is 9.93. The van der Waals surface area contributed by atoms with Crippen LogP contribution in [0.2, 0.25) is 0 Å². The van der Waals surface area contributed by atoms with E-state index in [0.717, 1.165) is 48.2 Å². The lowest BCUT2D eigenvalue weighted by Gasteiger charge is -2.14. The Kier molecular flexibility index (Phi) is 5.07. The molecular formula is C18H26O3. The molecule has 0 saturated heterocycles. The van der Waals surface area contributed by atoms with Crippen molar-refractivity contribution in [2.75, 3.05) is 13.7 Å². The van der Waals surface area contributed by atoms with Crippen molar-refractivity contribution >= 4 is 11.0 Å². The summed E-state index contributed by atoms with van der Waals surface area (Å²) in [5.41, 5.74) is 1.68. The molecule has 21 heavy (non-hydrogen) atoms. The zero-order chi connectivity index (χ0) is 15.5. The molecule has 1 N–H and O–H groups in total. The first-order chi connectivity index (χ1) is 9.93. The maximum Gasteiger partial charge on any atom is 0.140 e. The smallest absolute Gasteiger partial charge is 0.140 e. The van der Waals surface area contributed by atoms with E-state index in [-0.39, 0.29) is 5.41 Å². The van der Waals surface area contributed by atoms with Crippen molar-refractivity contribution in [3.63, 3.8) is 0 Å². The number of aliphatic hydroxyl groups is 1. The summed E-state index contributed by atoms with van der Waals surface area (Å²) in [5.74, 6) is 0.955. The van der Waals surface area contributed by atoms with Crippen molar-refractivity contribution in [3.05, 3.63) is 35.6 Å². The lowest BCUT2D eigenvalue weighted by Crippen LogP contribution is -2.08.